The van der Waals surface area contributed by atoms with E-state index in [1.807, 2.05) is 24.3 Å². The van der Waals surface area contributed by atoms with E-state index < -0.39 is 5.97 Å². The number of hydrogen-bond acceptors (Lipinski definition) is 2. The largest absolute Gasteiger partial charge is 0.481 e. The van der Waals surface area contributed by atoms with Crippen molar-refractivity contribution in [3.05, 3.63) is 29.8 Å². The third kappa shape index (κ3) is 4.87. The van der Waals surface area contributed by atoms with Gasteiger partial charge in [-0.3, -0.25) is 4.79 Å². The lowest BCUT2D eigenvalue weighted by Crippen LogP contribution is -2.12. The summed E-state index contributed by atoms with van der Waals surface area (Å²) >= 11 is 5.57. The highest BCUT2D eigenvalue weighted by Gasteiger charge is 2.03. The van der Waals surface area contributed by atoms with Crippen LogP contribution < -0.4 is 5.73 Å². The molecule has 0 saturated carbocycles. The van der Waals surface area contributed by atoms with Crippen LogP contribution in [0.3, 0.4) is 0 Å². The molecule has 1 aromatic carbocycles. The minimum atomic E-state index is -0.786. The van der Waals surface area contributed by atoms with Crippen LogP contribution in [0, 0.1) is 0 Å². The van der Waals surface area contributed by atoms with Crippen LogP contribution in [0.2, 0.25) is 0 Å². The highest BCUT2D eigenvalue weighted by molar-refractivity contribution is 6.28. The van der Waals surface area contributed by atoms with Gasteiger partial charge in [0.05, 0.1) is 11.6 Å². The Labute approximate surface area is 105 Å². The van der Waals surface area contributed by atoms with Crippen molar-refractivity contribution in [1.29, 1.82) is 0 Å². The summed E-state index contributed by atoms with van der Waals surface area (Å²) < 4.78 is 0. The van der Waals surface area contributed by atoms with Crippen molar-refractivity contribution in [1.82, 2.24) is 0 Å². The number of halogens is 1. The summed E-state index contributed by atoms with van der Waals surface area (Å²) in [5.41, 5.74) is 7.32. The van der Waals surface area contributed by atoms with Gasteiger partial charge in [-0.2, -0.15) is 0 Å². The van der Waals surface area contributed by atoms with Crippen LogP contribution in [0.5, 0.6) is 0 Å². The Balaban J connectivity index is 2.74. The molecule has 0 aliphatic carbocycles. The van der Waals surface area contributed by atoms with Gasteiger partial charge in [0.2, 0.25) is 0 Å². The van der Waals surface area contributed by atoms with Crippen LogP contribution in [-0.2, 0) is 11.2 Å². The molecule has 0 bridgehead atoms. The van der Waals surface area contributed by atoms with Gasteiger partial charge in [0.25, 0.3) is 0 Å². The summed E-state index contributed by atoms with van der Waals surface area (Å²) in [5, 5.41) is 8.58. The fourth-order valence-electron chi connectivity index (χ4n) is 1.45. The van der Waals surface area contributed by atoms with E-state index in [4.69, 9.17) is 22.4 Å². The summed E-state index contributed by atoms with van der Waals surface area (Å²) in [6.45, 7) is 0. The Kier molecular flexibility index (Phi) is 5.49. The number of benzene rings is 1. The number of aliphatic carboxylic acids is 1. The Hall–Kier alpha value is -1.55. The van der Waals surface area contributed by atoms with Gasteiger partial charge >= 0.3 is 5.97 Å². The summed E-state index contributed by atoms with van der Waals surface area (Å²) in [5.74, 6) is -0.243. The summed E-state index contributed by atoms with van der Waals surface area (Å²) in [6, 6.07) is 7.52. The van der Waals surface area contributed by atoms with E-state index in [9.17, 15) is 4.79 Å². The normalized spacial score (nSPS) is 11.5. The van der Waals surface area contributed by atoms with Crippen LogP contribution >= 0.6 is 11.6 Å². The molecule has 1 rings (SSSR count). The molecular weight excluding hydrogens is 240 g/mol. The predicted octanol–water partition coefficient (Wildman–Crippen LogP) is 2.32. The zero-order valence-electron chi connectivity index (χ0n) is 9.40. The molecule has 0 aliphatic rings. The Bertz CT molecular complexity index is 419. The minimum absolute atomic E-state index is 0.156. The molecule has 4 nitrogen and oxygen atoms in total. The number of alkyl halides is 1. The molecule has 0 fully saturated rings. The highest BCUT2D eigenvalue weighted by atomic mass is 35.5. The van der Waals surface area contributed by atoms with Crippen LogP contribution in [0.4, 0.5) is 5.69 Å². The lowest BCUT2D eigenvalue weighted by atomic mass is 10.1. The van der Waals surface area contributed by atoms with Crippen LogP contribution in [-0.4, -0.2) is 22.8 Å². The number of aryl methyl sites for hydroxylation is 1. The third-order valence-corrected chi connectivity index (χ3v) is 2.50. The van der Waals surface area contributed by atoms with Crippen molar-refractivity contribution in [2.24, 2.45) is 10.7 Å². The number of carbonyl (C=O) groups is 1. The zero-order valence-corrected chi connectivity index (χ0v) is 10.2. The Morgan fingerprint density at radius 3 is 2.76 bits per heavy atom. The molecule has 0 spiro atoms. The molecule has 0 atom stereocenters. The number of nitrogens with two attached hydrogens (primary N) is 1. The number of carboxylic acids is 1. The van der Waals surface area contributed by atoms with Gasteiger partial charge in [0.15, 0.2) is 0 Å². The highest BCUT2D eigenvalue weighted by Crippen LogP contribution is 2.20. The first-order valence-corrected chi connectivity index (χ1v) is 5.85. The van der Waals surface area contributed by atoms with Crippen molar-refractivity contribution in [2.75, 3.05) is 5.88 Å². The van der Waals surface area contributed by atoms with Crippen molar-refractivity contribution in [3.8, 4) is 0 Å². The summed E-state index contributed by atoms with van der Waals surface area (Å²) in [6.07, 6.45) is 1.41. The molecule has 0 amide bonds. The quantitative estimate of drug-likeness (QED) is 0.465. The van der Waals surface area contributed by atoms with E-state index in [-0.39, 0.29) is 12.3 Å². The Morgan fingerprint density at radius 2 is 2.12 bits per heavy atom. The molecular formula is C12H15ClN2O2. The molecule has 0 saturated heterocycles. The molecule has 0 aliphatic heterocycles. The van der Waals surface area contributed by atoms with E-state index in [0.29, 0.717) is 18.7 Å². The standard InChI is InChI=1S/C12H15ClN2O2/c13-8-11(14)15-10-6-2-1-4-9(10)5-3-7-12(16)17/h1-2,4,6H,3,5,7-8H2,(H2,14,15)(H,16,17). The van der Waals surface area contributed by atoms with Crippen LogP contribution in [0.25, 0.3) is 0 Å². The molecule has 17 heavy (non-hydrogen) atoms. The van der Waals surface area contributed by atoms with E-state index >= 15 is 0 Å². The van der Waals surface area contributed by atoms with Crippen molar-refractivity contribution in [2.45, 2.75) is 19.3 Å². The summed E-state index contributed by atoms with van der Waals surface area (Å²) in [7, 11) is 0. The van der Waals surface area contributed by atoms with E-state index in [2.05, 4.69) is 4.99 Å². The molecule has 0 heterocycles. The molecule has 5 heteroatoms. The number of para-hydroxylation sites is 1. The lowest BCUT2D eigenvalue weighted by Gasteiger charge is -2.05. The first-order chi connectivity index (χ1) is 8.13. The molecule has 1 aromatic rings. The van der Waals surface area contributed by atoms with E-state index in [1.165, 1.54) is 0 Å². The van der Waals surface area contributed by atoms with Crippen LogP contribution in [0.1, 0.15) is 18.4 Å². The SMILES string of the molecule is NC(CCl)=Nc1ccccc1CCCC(=O)O. The van der Waals surface area contributed by atoms with Gasteiger partial charge in [-0.25, -0.2) is 4.99 Å². The van der Waals surface area contributed by atoms with Crippen LogP contribution in [0.15, 0.2) is 29.3 Å². The van der Waals surface area contributed by atoms with Gasteiger partial charge in [-0.05, 0) is 24.5 Å². The fraction of sp³-hybridized carbons (Fsp3) is 0.333. The maximum absolute atomic E-state index is 10.4. The third-order valence-electron chi connectivity index (χ3n) is 2.23. The molecule has 0 aromatic heterocycles. The second-order valence-electron chi connectivity index (χ2n) is 3.61. The number of rotatable bonds is 6. The number of amidine groups is 1. The maximum Gasteiger partial charge on any atom is 0.303 e. The molecule has 3 N–H and O–H groups in total. The Morgan fingerprint density at radius 1 is 1.41 bits per heavy atom. The van der Waals surface area contributed by atoms with Gasteiger partial charge in [0, 0.05) is 6.42 Å². The summed E-state index contributed by atoms with van der Waals surface area (Å²) in [4.78, 5) is 14.6. The van der Waals surface area contributed by atoms with E-state index in [0.717, 1.165) is 11.3 Å². The van der Waals surface area contributed by atoms with Gasteiger partial charge in [-0.15, -0.1) is 11.6 Å². The number of hydrogen-bond donors (Lipinski definition) is 2. The molecule has 0 unspecified atom stereocenters. The van der Waals surface area contributed by atoms with Crippen molar-refractivity contribution in [3.63, 3.8) is 0 Å². The number of carboxylic acid groups (broad SMARTS) is 1. The number of nitrogens with zero attached hydrogens (tertiary/aromatic N) is 1. The predicted molar refractivity (Wildman–Crippen MR) is 69.0 cm³/mol. The van der Waals surface area contributed by atoms with Crippen molar-refractivity contribution >= 4 is 29.1 Å². The average molecular weight is 255 g/mol. The van der Waals surface area contributed by atoms with Gasteiger partial charge in [-0.1, -0.05) is 18.2 Å². The molecule has 92 valence electrons. The smallest absolute Gasteiger partial charge is 0.303 e. The number of aliphatic imine (C=N–C) groups is 1. The monoisotopic (exact) mass is 254 g/mol. The maximum atomic E-state index is 10.4. The van der Waals surface area contributed by atoms with Gasteiger partial charge < -0.3 is 10.8 Å². The second kappa shape index (κ2) is 6.91. The minimum Gasteiger partial charge on any atom is -0.481 e. The topological polar surface area (TPSA) is 75.7 Å². The van der Waals surface area contributed by atoms with Gasteiger partial charge in [0.1, 0.15) is 5.84 Å². The van der Waals surface area contributed by atoms with E-state index in [1.54, 1.807) is 0 Å². The lowest BCUT2D eigenvalue weighted by molar-refractivity contribution is -0.137. The average Bonchev–Trinajstić information content (AvgIpc) is 2.30. The molecule has 0 radical (unpaired) electrons. The zero-order chi connectivity index (χ0) is 12.7. The first kappa shape index (κ1) is 13.5. The van der Waals surface area contributed by atoms with Crippen molar-refractivity contribution < 1.29 is 9.90 Å². The second-order valence-corrected chi connectivity index (χ2v) is 3.88. The fourth-order valence-corrected chi connectivity index (χ4v) is 1.51. The first-order valence-electron chi connectivity index (χ1n) is 5.32.